The van der Waals surface area contributed by atoms with Crippen LogP contribution >= 0.6 is 22.7 Å². The summed E-state index contributed by atoms with van der Waals surface area (Å²) in [6, 6.07) is 11.3. The minimum absolute atomic E-state index is 0.262. The fourth-order valence-corrected chi connectivity index (χ4v) is 3.43. The number of thiophene rings is 1. The van der Waals surface area contributed by atoms with Gasteiger partial charge in [-0.1, -0.05) is 41.7 Å². The van der Waals surface area contributed by atoms with Gasteiger partial charge in [0.15, 0.2) is 6.10 Å². The van der Waals surface area contributed by atoms with Gasteiger partial charge in [0, 0.05) is 18.1 Å². The molecule has 22 heavy (non-hydrogen) atoms. The van der Waals surface area contributed by atoms with E-state index in [1.807, 2.05) is 47.2 Å². The number of methoxy groups -OCH3 is 1. The monoisotopic (exact) mass is 331 g/mol. The molecule has 0 radical (unpaired) electrons. The number of nitrogens with one attached hydrogen (secondary N) is 1. The van der Waals surface area contributed by atoms with Gasteiger partial charge in [-0.05, 0) is 17.0 Å². The Hall–Kier alpha value is -2.09. The fourth-order valence-electron chi connectivity index (χ4n) is 1.97. The van der Waals surface area contributed by atoms with Crippen molar-refractivity contribution in [2.45, 2.75) is 6.10 Å². The lowest BCUT2D eigenvalue weighted by Gasteiger charge is -2.14. The van der Waals surface area contributed by atoms with Crippen LogP contribution in [-0.2, 0) is 9.53 Å². The molecule has 0 saturated carbocycles. The van der Waals surface area contributed by atoms with Crippen molar-refractivity contribution in [3.8, 4) is 10.6 Å². The minimum Gasteiger partial charge on any atom is -0.367 e. The Balaban J connectivity index is 1.73. The molecule has 1 amide bonds. The lowest BCUT2D eigenvalue weighted by atomic mass is 10.1. The van der Waals surface area contributed by atoms with Crippen molar-refractivity contribution in [3.05, 3.63) is 52.7 Å². The van der Waals surface area contributed by atoms with Crippen LogP contribution in [0.2, 0.25) is 0 Å². The van der Waals surface area contributed by atoms with Crippen molar-refractivity contribution in [1.29, 1.82) is 0 Å². The Morgan fingerprint density at radius 3 is 2.73 bits per heavy atom. The highest BCUT2D eigenvalue weighted by Gasteiger charge is 2.21. The number of aromatic nitrogens is 2. The highest BCUT2D eigenvalue weighted by molar-refractivity contribution is 7.19. The first-order valence-electron chi connectivity index (χ1n) is 6.52. The predicted molar refractivity (Wildman–Crippen MR) is 88.0 cm³/mol. The Morgan fingerprint density at radius 1 is 1.23 bits per heavy atom. The van der Waals surface area contributed by atoms with E-state index in [0.29, 0.717) is 5.13 Å². The molecule has 3 rings (SSSR count). The molecule has 1 N–H and O–H groups in total. The Bertz CT molecular complexity index is 741. The number of hydrogen-bond acceptors (Lipinski definition) is 6. The predicted octanol–water partition coefficient (Wildman–Crippen LogP) is 3.59. The van der Waals surface area contributed by atoms with Crippen LogP contribution in [0.4, 0.5) is 5.13 Å². The molecule has 2 heterocycles. The maximum Gasteiger partial charge on any atom is 0.259 e. The van der Waals surface area contributed by atoms with Crippen molar-refractivity contribution >= 4 is 33.7 Å². The second-order valence-electron chi connectivity index (χ2n) is 4.44. The van der Waals surface area contributed by atoms with Crippen LogP contribution in [0.5, 0.6) is 0 Å². The fraction of sp³-hybridized carbons (Fsp3) is 0.133. The van der Waals surface area contributed by atoms with E-state index in [9.17, 15) is 4.79 Å². The number of nitrogens with zero attached hydrogens (tertiary/aromatic N) is 2. The molecule has 1 atom stereocenters. The zero-order chi connectivity index (χ0) is 15.4. The second-order valence-corrected chi connectivity index (χ2v) is 6.20. The van der Waals surface area contributed by atoms with Crippen LogP contribution in [0.15, 0.2) is 47.2 Å². The van der Waals surface area contributed by atoms with Gasteiger partial charge in [0.2, 0.25) is 5.13 Å². The molecule has 0 aliphatic carbocycles. The topological polar surface area (TPSA) is 64.1 Å². The largest absolute Gasteiger partial charge is 0.367 e. The SMILES string of the molecule is CO[C@@H](C(=O)Nc1nnc(-c2ccsc2)s1)c1ccccc1. The summed E-state index contributed by atoms with van der Waals surface area (Å²) in [5.41, 5.74) is 1.81. The van der Waals surface area contributed by atoms with E-state index in [1.54, 1.807) is 11.3 Å². The first-order chi connectivity index (χ1) is 10.8. The molecular formula is C15H13N3O2S2. The van der Waals surface area contributed by atoms with E-state index in [2.05, 4.69) is 15.5 Å². The number of amides is 1. The second kappa shape index (κ2) is 6.78. The lowest BCUT2D eigenvalue weighted by molar-refractivity contribution is -0.126. The molecule has 112 valence electrons. The summed E-state index contributed by atoms with van der Waals surface area (Å²) in [6.45, 7) is 0. The summed E-state index contributed by atoms with van der Waals surface area (Å²) in [5, 5.41) is 16.1. The first-order valence-corrected chi connectivity index (χ1v) is 8.28. The van der Waals surface area contributed by atoms with Crippen LogP contribution in [-0.4, -0.2) is 23.2 Å². The molecule has 0 saturated heterocycles. The van der Waals surface area contributed by atoms with E-state index in [4.69, 9.17) is 4.74 Å². The van der Waals surface area contributed by atoms with Gasteiger partial charge in [-0.3, -0.25) is 10.1 Å². The van der Waals surface area contributed by atoms with Crippen molar-refractivity contribution in [2.75, 3.05) is 12.4 Å². The van der Waals surface area contributed by atoms with Gasteiger partial charge >= 0.3 is 0 Å². The van der Waals surface area contributed by atoms with E-state index < -0.39 is 6.10 Å². The number of carbonyl (C=O) groups is 1. The summed E-state index contributed by atoms with van der Waals surface area (Å²) in [5.74, 6) is -0.262. The van der Waals surface area contributed by atoms with Gasteiger partial charge in [-0.25, -0.2) is 0 Å². The molecule has 0 aliphatic rings. The highest BCUT2D eigenvalue weighted by atomic mass is 32.1. The zero-order valence-electron chi connectivity index (χ0n) is 11.7. The van der Waals surface area contributed by atoms with Crippen LogP contribution in [0.1, 0.15) is 11.7 Å². The number of rotatable bonds is 5. The lowest BCUT2D eigenvalue weighted by Crippen LogP contribution is -2.22. The zero-order valence-corrected chi connectivity index (χ0v) is 13.4. The molecule has 1 aromatic carbocycles. The Kier molecular flexibility index (Phi) is 4.57. The van der Waals surface area contributed by atoms with Gasteiger partial charge < -0.3 is 4.74 Å². The van der Waals surface area contributed by atoms with Crippen LogP contribution in [0, 0.1) is 0 Å². The van der Waals surface area contributed by atoms with E-state index in [-0.39, 0.29) is 5.91 Å². The van der Waals surface area contributed by atoms with Gasteiger partial charge in [0.05, 0.1) is 0 Å². The molecule has 2 aromatic heterocycles. The first kappa shape index (κ1) is 14.8. The Labute approximate surface area is 135 Å². The number of ether oxygens (including phenoxy) is 1. The summed E-state index contributed by atoms with van der Waals surface area (Å²) in [6.07, 6.45) is -0.672. The minimum atomic E-state index is -0.672. The van der Waals surface area contributed by atoms with Crippen molar-refractivity contribution in [2.24, 2.45) is 0 Å². The normalized spacial score (nSPS) is 12.0. The third-order valence-electron chi connectivity index (χ3n) is 3.00. The third-order valence-corrected chi connectivity index (χ3v) is 4.57. The van der Waals surface area contributed by atoms with Crippen LogP contribution in [0.3, 0.4) is 0 Å². The summed E-state index contributed by atoms with van der Waals surface area (Å²) in [7, 11) is 1.51. The van der Waals surface area contributed by atoms with Crippen LogP contribution in [0.25, 0.3) is 10.6 Å². The van der Waals surface area contributed by atoms with Gasteiger partial charge in [0.1, 0.15) is 5.01 Å². The van der Waals surface area contributed by atoms with Crippen molar-refractivity contribution in [1.82, 2.24) is 10.2 Å². The van der Waals surface area contributed by atoms with Crippen molar-refractivity contribution < 1.29 is 9.53 Å². The average molecular weight is 331 g/mol. The number of carbonyl (C=O) groups excluding carboxylic acids is 1. The van der Waals surface area contributed by atoms with Crippen LogP contribution < -0.4 is 5.32 Å². The highest BCUT2D eigenvalue weighted by Crippen LogP contribution is 2.28. The summed E-state index contributed by atoms with van der Waals surface area (Å²) in [4.78, 5) is 12.3. The van der Waals surface area contributed by atoms with E-state index in [1.165, 1.54) is 18.4 Å². The number of anilines is 1. The molecule has 5 nitrogen and oxygen atoms in total. The number of hydrogen-bond donors (Lipinski definition) is 1. The standard InChI is InChI=1S/C15H13N3O2S2/c1-20-12(10-5-3-2-4-6-10)13(19)16-15-18-17-14(22-15)11-7-8-21-9-11/h2-9,12H,1H3,(H,16,18,19)/t12-/m1/s1. The smallest absolute Gasteiger partial charge is 0.259 e. The van der Waals surface area contributed by atoms with Gasteiger partial charge in [-0.2, -0.15) is 11.3 Å². The molecule has 0 fully saturated rings. The third kappa shape index (κ3) is 3.22. The molecule has 0 bridgehead atoms. The van der Waals surface area contributed by atoms with Gasteiger partial charge in [-0.15, -0.1) is 10.2 Å². The maximum atomic E-state index is 12.3. The molecule has 7 heteroatoms. The maximum absolute atomic E-state index is 12.3. The number of benzene rings is 1. The van der Waals surface area contributed by atoms with Crippen molar-refractivity contribution in [3.63, 3.8) is 0 Å². The molecule has 0 unspecified atom stereocenters. The molecule has 0 aliphatic heterocycles. The quantitative estimate of drug-likeness (QED) is 0.776. The average Bonchev–Trinajstić information content (AvgIpc) is 3.20. The molecule has 3 aromatic rings. The molecular weight excluding hydrogens is 318 g/mol. The summed E-state index contributed by atoms with van der Waals surface area (Å²) >= 11 is 2.93. The Morgan fingerprint density at radius 2 is 2.05 bits per heavy atom. The molecule has 0 spiro atoms. The van der Waals surface area contributed by atoms with E-state index in [0.717, 1.165) is 16.1 Å². The van der Waals surface area contributed by atoms with E-state index >= 15 is 0 Å². The summed E-state index contributed by atoms with van der Waals surface area (Å²) < 4.78 is 5.30. The van der Waals surface area contributed by atoms with Gasteiger partial charge in [0.25, 0.3) is 5.91 Å².